The summed E-state index contributed by atoms with van der Waals surface area (Å²) in [4.78, 5) is 12.8. The molecule has 1 saturated carbocycles. The lowest BCUT2D eigenvalue weighted by atomic mass is 9.87. The fourth-order valence-electron chi connectivity index (χ4n) is 3.91. The summed E-state index contributed by atoms with van der Waals surface area (Å²) in [5.74, 6) is -1.23. The van der Waals surface area contributed by atoms with Gasteiger partial charge in [0.2, 0.25) is 0 Å². The first-order valence-corrected chi connectivity index (χ1v) is 9.34. The second-order valence-electron chi connectivity index (χ2n) is 7.98. The third-order valence-electron chi connectivity index (χ3n) is 5.74. The number of rotatable bonds is 4. The average molecular weight is 368 g/mol. The number of hydrogen-bond donors (Lipinski definition) is 3. The molecule has 2 atom stereocenters. The Hall–Kier alpha value is -2.21. The highest BCUT2D eigenvalue weighted by Gasteiger charge is 2.59. The maximum atomic E-state index is 10.2. The summed E-state index contributed by atoms with van der Waals surface area (Å²) in [5, 5.41) is 17.4. The Balaban J connectivity index is 0.000000168. The van der Waals surface area contributed by atoms with Crippen LogP contribution in [-0.4, -0.2) is 39.7 Å². The molecule has 1 heterocycles. The van der Waals surface area contributed by atoms with Gasteiger partial charge in [-0.2, -0.15) is 0 Å². The molecule has 1 unspecified atom stereocenters. The standard InChI is InChI=1S/C14H20N2.C8H8O3/c1-13(15)10-16(11-14(13)7-8-14)9-12-5-3-2-4-6-12;9-7(8(10)11)6-4-2-1-3-5-6/h2-6H,7-11,15H2,1H3;1-5,7,9H,(H,10,11)/t;7-/m.1/s1. The molecule has 1 aliphatic heterocycles. The number of aliphatic hydroxyl groups is 1. The van der Waals surface area contributed by atoms with Gasteiger partial charge < -0.3 is 15.9 Å². The highest BCUT2D eigenvalue weighted by molar-refractivity contribution is 5.73. The van der Waals surface area contributed by atoms with Crippen LogP contribution in [0.1, 0.15) is 37.0 Å². The largest absolute Gasteiger partial charge is 0.479 e. The molecule has 2 aromatic carbocycles. The van der Waals surface area contributed by atoms with Gasteiger partial charge in [0.1, 0.15) is 0 Å². The molecule has 4 rings (SSSR count). The first kappa shape index (κ1) is 19.5. The Bertz CT molecular complexity index is 752. The predicted molar refractivity (Wildman–Crippen MR) is 105 cm³/mol. The fraction of sp³-hybridized carbons (Fsp3) is 0.409. The zero-order chi connectivity index (χ0) is 19.5. The fourth-order valence-corrected chi connectivity index (χ4v) is 3.91. The van der Waals surface area contributed by atoms with E-state index in [2.05, 4.69) is 42.2 Å². The maximum Gasteiger partial charge on any atom is 0.337 e. The summed E-state index contributed by atoms with van der Waals surface area (Å²) in [7, 11) is 0. The van der Waals surface area contributed by atoms with Gasteiger partial charge in [0.15, 0.2) is 6.10 Å². The summed E-state index contributed by atoms with van der Waals surface area (Å²) in [6.45, 7) is 5.51. The molecule has 0 radical (unpaired) electrons. The molecular formula is C22H28N2O3. The van der Waals surface area contributed by atoms with Crippen molar-refractivity contribution in [1.29, 1.82) is 0 Å². The van der Waals surface area contributed by atoms with Crippen molar-refractivity contribution in [3.05, 3.63) is 71.8 Å². The molecule has 27 heavy (non-hydrogen) atoms. The van der Waals surface area contributed by atoms with E-state index >= 15 is 0 Å². The molecule has 1 saturated heterocycles. The van der Waals surface area contributed by atoms with Crippen LogP contribution < -0.4 is 5.73 Å². The monoisotopic (exact) mass is 368 g/mol. The number of carboxylic acid groups (broad SMARTS) is 1. The van der Waals surface area contributed by atoms with Crippen molar-refractivity contribution in [2.45, 2.75) is 38.0 Å². The number of nitrogens with zero attached hydrogens (tertiary/aromatic N) is 1. The van der Waals surface area contributed by atoms with Crippen molar-refractivity contribution < 1.29 is 15.0 Å². The zero-order valence-electron chi connectivity index (χ0n) is 15.7. The minimum absolute atomic E-state index is 0.0295. The van der Waals surface area contributed by atoms with Crippen LogP contribution in [0.2, 0.25) is 0 Å². The second-order valence-corrected chi connectivity index (χ2v) is 7.98. The first-order chi connectivity index (χ1) is 12.8. The van der Waals surface area contributed by atoms with Crippen molar-refractivity contribution in [3.8, 4) is 0 Å². The van der Waals surface area contributed by atoms with Crippen LogP contribution in [-0.2, 0) is 11.3 Å². The van der Waals surface area contributed by atoms with Crippen molar-refractivity contribution in [2.75, 3.05) is 13.1 Å². The van der Waals surface area contributed by atoms with Gasteiger partial charge in [-0.1, -0.05) is 60.7 Å². The number of carboxylic acids is 1. The van der Waals surface area contributed by atoms with Crippen LogP contribution in [0.5, 0.6) is 0 Å². The van der Waals surface area contributed by atoms with E-state index in [1.165, 1.54) is 24.9 Å². The molecule has 1 spiro atoms. The molecule has 5 heteroatoms. The molecule has 0 bridgehead atoms. The minimum atomic E-state index is -1.41. The van der Waals surface area contributed by atoms with Gasteiger partial charge in [-0.25, -0.2) is 4.79 Å². The second kappa shape index (κ2) is 7.80. The van der Waals surface area contributed by atoms with Crippen LogP contribution in [0.15, 0.2) is 60.7 Å². The number of aliphatic hydroxyl groups excluding tert-OH is 1. The van der Waals surface area contributed by atoms with Gasteiger partial charge in [0, 0.05) is 30.6 Å². The van der Waals surface area contributed by atoms with Crippen molar-refractivity contribution in [3.63, 3.8) is 0 Å². The number of likely N-dealkylation sites (tertiary alicyclic amines) is 1. The summed E-state index contributed by atoms with van der Waals surface area (Å²) in [6, 6.07) is 19.0. The molecule has 0 amide bonds. The van der Waals surface area contributed by atoms with Crippen LogP contribution in [0.4, 0.5) is 0 Å². The first-order valence-electron chi connectivity index (χ1n) is 9.34. The van der Waals surface area contributed by atoms with Gasteiger partial charge in [-0.05, 0) is 30.9 Å². The third-order valence-corrected chi connectivity index (χ3v) is 5.74. The SMILES string of the molecule is CC1(N)CN(Cc2ccccc2)CC12CC2.O=C(O)[C@H](O)c1ccccc1. The lowest BCUT2D eigenvalue weighted by molar-refractivity contribution is -0.146. The number of aliphatic carboxylic acids is 1. The zero-order valence-corrected chi connectivity index (χ0v) is 15.7. The molecule has 1 aliphatic carbocycles. The molecule has 5 nitrogen and oxygen atoms in total. The number of benzene rings is 2. The van der Waals surface area contributed by atoms with E-state index in [-0.39, 0.29) is 5.54 Å². The Morgan fingerprint density at radius 3 is 2.11 bits per heavy atom. The van der Waals surface area contributed by atoms with E-state index in [4.69, 9.17) is 15.9 Å². The van der Waals surface area contributed by atoms with E-state index < -0.39 is 12.1 Å². The van der Waals surface area contributed by atoms with Crippen LogP contribution >= 0.6 is 0 Å². The minimum Gasteiger partial charge on any atom is -0.479 e. The van der Waals surface area contributed by atoms with Crippen molar-refractivity contribution in [2.24, 2.45) is 11.1 Å². The quantitative estimate of drug-likeness (QED) is 0.772. The van der Waals surface area contributed by atoms with Crippen molar-refractivity contribution >= 4 is 5.97 Å². The highest BCUT2D eigenvalue weighted by atomic mass is 16.4. The number of hydrogen-bond acceptors (Lipinski definition) is 4. The Kier molecular flexibility index (Phi) is 5.65. The smallest absolute Gasteiger partial charge is 0.337 e. The molecular weight excluding hydrogens is 340 g/mol. The van der Waals surface area contributed by atoms with E-state index in [9.17, 15) is 4.79 Å². The van der Waals surface area contributed by atoms with E-state index in [1.54, 1.807) is 30.3 Å². The summed E-state index contributed by atoms with van der Waals surface area (Å²) >= 11 is 0. The van der Waals surface area contributed by atoms with Crippen LogP contribution in [0.25, 0.3) is 0 Å². The summed E-state index contributed by atoms with van der Waals surface area (Å²) < 4.78 is 0. The van der Waals surface area contributed by atoms with Gasteiger partial charge >= 0.3 is 5.97 Å². The Labute approximate surface area is 160 Å². The molecule has 2 aromatic rings. The maximum absolute atomic E-state index is 10.2. The highest BCUT2D eigenvalue weighted by Crippen LogP contribution is 2.57. The third kappa shape index (κ3) is 4.56. The van der Waals surface area contributed by atoms with E-state index in [0.29, 0.717) is 11.0 Å². The van der Waals surface area contributed by atoms with Crippen molar-refractivity contribution in [1.82, 2.24) is 4.90 Å². The molecule has 0 aromatic heterocycles. The lowest BCUT2D eigenvalue weighted by Crippen LogP contribution is -2.45. The molecule has 144 valence electrons. The Morgan fingerprint density at radius 1 is 1.07 bits per heavy atom. The average Bonchev–Trinajstić information content (AvgIpc) is 3.39. The van der Waals surface area contributed by atoms with E-state index in [0.717, 1.165) is 13.1 Å². The van der Waals surface area contributed by atoms with Crippen LogP contribution in [0, 0.1) is 5.41 Å². The van der Waals surface area contributed by atoms with Gasteiger partial charge in [0.05, 0.1) is 0 Å². The predicted octanol–water partition coefficient (Wildman–Crippen LogP) is 2.80. The lowest BCUT2D eigenvalue weighted by Gasteiger charge is -2.25. The van der Waals surface area contributed by atoms with Gasteiger partial charge in [-0.3, -0.25) is 4.90 Å². The van der Waals surface area contributed by atoms with Gasteiger partial charge in [-0.15, -0.1) is 0 Å². The van der Waals surface area contributed by atoms with Gasteiger partial charge in [0.25, 0.3) is 0 Å². The number of nitrogens with two attached hydrogens (primary N) is 1. The molecule has 2 fully saturated rings. The normalized spacial score (nSPS) is 24.1. The molecule has 4 N–H and O–H groups in total. The Morgan fingerprint density at radius 2 is 1.63 bits per heavy atom. The summed E-state index contributed by atoms with van der Waals surface area (Å²) in [5.41, 5.74) is 8.70. The summed E-state index contributed by atoms with van der Waals surface area (Å²) in [6.07, 6.45) is 1.24. The van der Waals surface area contributed by atoms with E-state index in [1.807, 2.05) is 0 Å². The molecule has 2 aliphatic rings. The van der Waals surface area contributed by atoms with Crippen LogP contribution in [0.3, 0.4) is 0 Å². The number of carbonyl (C=O) groups is 1. The topological polar surface area (TPSA) is 86.8 Å².